The molecule has 0 fully saturated rings. The van der Waals surface area contributed by atoms with Gasteiger partial charge in [0.1, 0.15) is 19.8 Å². The highest BCUT2D eigenvalue weighted by Gasteiger charge is 2.41. The number of rotatable bonds is 35. The Hall–Kier alpha value is -9.27. The van der Waals surface area contributed by atoms with Crippen molar-refractivity contribution >= 4 is 99.5 Å². The van der Waals surface area contributed by atoms with Gasteiger partial charge in [-0.25, -0.2) is 4.79 Å². The number of aliphatic hydroxyl groups is 1. The van der Waals surface area contributed by atoms with Crippen molar-refractivity contribution in [1.29, 1.82) is 0 Å². The van der Waals surface area contributed by atoms with E-state index >= 15 is 9.13 Å². The van der Waals surface area contributed by atoms with Gasteiger partial charge in [0.25, 0.3) is 0 Å². The van der Waals surface area contributed by atoms with Gasteiger partial charge in [-0.05, 0) is 94.1 Å². The topological polar surface area (TPSA) is 300 Å². The molecule has 1 unspecified atom stereocenters. The normalized spacial score (nSPS) is 11.8. The highest BCUT2D eigenvalue weighted by molar-refractivity contribution is 7.94. The Bertz CT molecular complexity index is 3630. The number of aryl methyl sites for hydroxylation is 4. The first-order valence-electron chi connectivity index (χ1n) is 31.7. The number of aliphatic hydroxyl groups excluding tert-OH is 1. The first kappa shape index (κ1) is 76.7. The van der Waals surface area contributed by atoms with Gasteiger partial charge in [0.05, 0.1) is 24.9 Å². The van der Waals surface area contributed by atoms with Gasteiger partial charge >= 0.3 is 41.5 Å². The van der Waals surface area contributed by atoms with Gasteiger partial charge in [-0.3, -0.25) is 38.4 Å². The molecule has 0 saturated heterocycles. The number of carbonyl (C=O) groups is 9. The predicted octanol–water partition coefficient (Wildman–Crippen LogP) is 7.40. The Balaban J connectivity index is 1.01. The van der Waals surface area contributed by atoms with Crippen LogP contribution in [0.1, 0.15) is 80.8 Å². The minimum atomic E-state index is -3.92. The minimum absolute atomic E-state index is 0.0129. The van der Waals surface area contributed by atoms with Crippen LogP contribution in [0.2, 0.25) is 0 Å². The third-order valence-corrected chi connectivity index (χ3v) is 22.1. The second-order valence-electron chi connectivity index (χ2n) is 23.3. The van der Waals surface area contributed by atoms with E-state index in [1.807, 2.05) is 23.6 Å². The molecular formula is C73H86N6O16P2. The fourth-order valence-corrected chi connectivity index (χ4v) is 16.3. The summed E-state index contributed by atoms with van der Waals surface area (Å²) in [6.07, 6.45) is 0.100. The molecule has 0 saturated carbocycles. The van der Waals surface area contributed by atoms with Crippen molar-refractivity contribution in [1.82, 2.24) is 20.4 Å². The van der Waals surface area contributed by atoms with Crippen LogP contribution in [-0.4, -0.2) is 153 Å². The van der Waals surface area contributed by atoms with Gasteiger partial charge in [0, 0.05) is 89.1 Å². The molecule has 0 spiro atoms. The van der Waals surface area contributed by atoms with Crippen molar-refractivity contribution in [3.63, 3.8) is 0 Å². The average Bonchev–Trinajstić information content (AvgIpc) is 0.757. The first-order chi connectivity index (χ1) is 46.3. The lowest BCUT2D eigenvalue weighted by molar-refractivity contribution is -0.174. The third-order valence-electron chi connectivity index (χ3n) is 16.4. The number of nitrogens with zero attached hydrogens (tertiary/aromatic N) is 2. The van der Waals surface area contributed by atoms with E-state index in [1.165, 1.54) is 0 Å². The van der Waals surface area contributed by atoms with Crippen LogP contribution in [0.5, 0.6) is 0 Å². The fourth-order valence-electron chi connectivity index (χ4n) is 11.0. The zero-order chi connectivity index (χ0) is 71.0. The van der Waals surface area contributed by atoms with Crippen molar-refractivity contribution < 1.29 is 76.3 Å². The molecule has 5 N–H and O–H groups in total. The summed E-state index contributed by atoms with van der Waals surface area (Å²) in [6, 6.07) is 37.3. The van der Waals surface area contributed by atoms with Crippen LogP contribution in [0.4, 0.5) is 11.4 Å². The Labute approximate surface area is 566 Å². The SMILES string of the molecule is C=CC(=O)OCC(COC(=O)CCN(CC)CCNC(=O)C(=O)Nc1c(C)cc(C)c(C(=O)P(=O)(c2ccccc2)c2ccccc2)c1C)(COC(=O)CCN(CC)CCNC(=O)C(=O)Nc1c(C)cc(C)c(C(=O)P(=O)(c2ccccc2)c2ccccc2)c1C)COC(O)C=C. The number of hydrogen-bond acceptors (Lipinski definition) is 18. The zero-order valence-corrected chi connectivity index (χ0v) is 57.9. The van der Waals surface area contributed by atoms with E-state index in [9.17, 15) is 48.3 Å². The minimum Gasteiger partial charge on any atom is -0.465 e. The number of ether oxygens (including phenoxy) is 4. The van der Waals surface area contributed by atoms with Crippen LogP contribution in [-0.2, 0) is 61.6 Å². The lowest BCUT2D eigenvalue weighted by Gasteiger charge is -2.32. The molecule has 1 atom stereocenters. The number of nitrogens with one attached hydrogen (secondary N) is 4. The molecule has 0 aliphatic heterocycles. The number of amides is 4. The third kappa shape index (κ3) is 19.9. The van der Waals surface area contributed by atoms with E-state index < -0.39 is 105 Å². The van der Waals surface area contributed by atoms with Crippen molar-refractivity contribution in [3.8, 4) is 0 Å². The van der Waals surface area contributed by atoms with E-state index in [1.54, 1.807) is 175 Å². The summed E-state index contributed by atoms with van der Waals surface area (Å²) in [5, 5.41) is 22.2. The molecule has 514 valence electrons. The Kier molecular flexibility index (Phi) is 28.6. The maximum Gasteiger partial charge on any atom is 0.330 e. The van der Waals surface area contributed by atoms with Crippen molar-refractivity contribution in [3.05, 3.63) is 203 Å². The van der Waals surface area contributed by atoms with E-state index in [4.69, 9.17) is 18.9 Å². The van der Waals surface area contributed by atoms with Crippen LogP contribution < -0.4 is 42.5 Å². The van der Waals surface area contributed by atoms with E-state index in [0.717, 1.165) is 12.2 Å². The highest BCUT2D eigenvalue weighted by Crippen LogP contribution is 2.50. The van der Waals surface area contributed by atoms with Crippen LogP contribution in [0.25, 0.3) is 0 Å². The van der Waals surface area contributed by atoms with Gasteiger partial charge in [-0.2, -0.15) is 0 Å². The van der Waals surface area contributed by atoms with Crippen molar-refractivity contribution in [2.75, 3.05) is 89.4 Å². The quantitative estimate of drug-likeness (QED) is 0.00492. The summed E-state index contributed by atoms with van der Waals surface area (Å²) >= 11 is 0. The second kappa shape index (κ2) is 36.2. The molecule has 0 aliphatic rings. The lowest BCUT2D eigenvalue weighted by atomic mass is 9.92. The lowest BCUT2D eigenvalue weighted by Crippen LogP contribution is -2.44. The maximum absolute atomic E-state index is 15.0. The maximum atomic E-state index is 15.0. The first-order valence-corrected chi connectivity index (χ1v) is 35.1. The largest absolute Gasteiger partial charge is 0.465 e. The van der Waals surface area contributed by atoms with Gasteiger partial charge in [0.2, 0.25) is 25.3 Å². The van der Waals surface area contributed by atoms with Gasteiger partial charge in [-0.1, -0.05) is 160 Å². The number of anilines is 2. The van der Waals surface area contributed by atoms with Crippen LogP contribution in [0.15, 0.2) is 159 Å². The number of likely N-dealkylation sites (N-methyl/N-ethyl adjacent to an activating group) is 2. The molecule has 6 aromatic carbocycles. The molecule has 0 aliphatic carbocycles. The zero-order valence-electron chi connectivity index (χ0n) is 56.1. The second-order valence-corrected chi connectivity index (χ2v) is 28.6. The standard InChI is InChI=1S/C73H86N6O16P2/c1-11-59(80)92-45-73(46-93-60(81)12-2,47-94-61(82)35-39-78(13-3)41-37-74-67(84)69(86)76-65-51(7)43-49(5)63(53(65)9)71(88)96(90,55-27-19-15-20-28-55)56-29-21-16-22-30-56)48-95-62(83)36-40-79(14-4)42-38-75-68(85)70(87)77-66-52(8)44-50(6)64(54(66)10)72(89)97(91,57-31-23-17-24-32-57)58-33-25-18-26-34-58/h11-12,15-34,43-44,59,80H,1-2,13-14,35-42,45-48H2,3-10H3,(H,74,84)(H,75,85)(H,76,86)(H,77,87). The summed E-state index contributed by atoms with van der Waals surface area (Å²) in [5.74, 6) is -6.24. The van der Waals surface area contributed by atoms with Crippen LogP contribution >= 0.6 is 14.3 Å². The fraction of sp³-hybridized carbons (Fsp3) is 0.329. The van der Waals surface area contributed by atoms with Gasteiger partial charge < -0.3 is 64.3 Å². The molecule has 0 bridgehead atoms. The smallest absolute Gasteiger partial charge is 0.330 e. The molecule has 0 heterocycles. The molecular weight excluding hydrogens is 1280 g/mol. The monoisotopic (exact) mass is 1360 g/mol. The number of esters is 3. The summed E-state index contributed by atoms with van der Waals surface area (Å²) in [5.41, 5.74) is 0.879. The molecule has 0 radical (unpaired) electrons. The summed E-state index contributed by atoms with van der Waals surface area (Å²) in [6.45, 7) is 20.1. The van der Waals surface area contributed by atoms with Gasteiger partial charge in [0.15, 0.2) is 6.29 Å². The highest BCUT2D eigenvalue weighted by atomic mass is 31.2. The van der Waals surface area contributed by atoms with E-state index in [0.29, 0.717) is 67.7 Å². The van der Waals surface area contributed by atoms with Crippen molar-refractivity contribution in [2.24, 2.45) is 5.41 Å². The molecule has 4 amide bonds. The van der Waals surface area contributed by atoms with Gasteiger partial charge in [-0.15, -0.1) is 0 Å². The molecule has 6 aromatic rings. The Morgan fingerprint density at radius 2 is 0.835 bits per heavy atom. The number of hydrogen-bond donors (Lipinski definition) is 5. The number of carbonyl (C=O) groups excluding carboxylic acids is 9. The van der Waals surface area contributed by atoms with E-state index in [2.05, 4.69) is 34.4 Å². The Morgan fingerprint density at radius 1 is 0.495 bits per heavy atom. The predicted molar refractivity (Wildman–Crippen MR) is 374 cm³/mol. The molecule has 22 nitrogen and oxygen atoms in total. The summed E-state index contributed by atoms with van der Waals surface area (Å²) < 4.78 is 52.4. The average molecular weight is 1370 g/mol. The molecule has 6 rings (SSSR count). The van der Waals surface area contributed by atoms with Crippen LogP contribution in [0.3, 0.4) is 0 Å². The van der Waals surface area contributed by atoms with Crippen LogP contribution in [0, 0.1) is 47.0 Å². The summed E-state index contributed by atoms with van der Waals surface area (Å²) in [7, 11) is -7.85. The molecule has 0 aromatic heterocycles. The molecule has 24 heteroatoms. The molecule has 97 heavy (non-hydrogen) atoms. The summed E-state index contributed by atoms with van der Waals surface area (Å²) in [4.78, 5) is 126. The van der Waals surface area contributed by atoms with E-state index in [-0.39, 0.29) is 74.6 Å². The number of benzene rings is 6. The Morgan fingerprint density at radius 3 is 1.15 bits per heavy atom. The van der Waals surface area contributed by atoms with Crippen molar-refractivity contribution in [2.45, 2.75) is 74.5 Å².